The highest BCUT2D eigenvalue weighted by Gasteiger charge is 2.27. The maximum absolute atomic E-state index is 12.2. The van der Waals surface area contributed by atoms with Gasteiger partial charge in [0.05, 0.1) is 26.4 Å². The molecule has 0 bridgehead atoms. The van der Waals surface area contributed by atoms with Crippen molar-refractivity contribution in [2.75, 3.05) is 45.8 Å². The minimum absolute atomic E-state index is 0.373. The van der Waals surface area contributed by atoms with Crippen LogP contribution >= 0.6 is 7.60 Å². The molecule has 90 valence electrons. The van der Waals surface area contributed by atoms with Gasteiger partial charge in [-0.15, -0.1) is 0 Å². The molecule has 1 aliphatic heterocycles. The van der Waals surface area contributed by atoms with Gasteiger partial charge in [0.25, 0.3) is 0 Å². The van der Waals surface area contributed by atoms with E-state index in [2.05, 4.69) is 4.90 Å². The largest absolute Gasteiger partial charge is 0.379 e. The molecule has 0 atom stereocenters. The second-order valence-electron chi connectivity index (χ2n) is 3.32. The molecule has 1 aliphatic rings. The summed E-state index contributed by atoms with van der Waals surface area (Å²) in [7, 11) is -2.92. The summed E-state index contributed by atoms with van der Waals surface area (Å²) in [5.41, 5.74) is 0. The Morgan fingerprint density at radius 2 is 1.73 bits per heavy atom. The van der Waals surface area contributed by atoms with E-state index in [0.717, 1.165) is 13.1 Å². The molecule has 15 heavy (non-hydrogen) atoms. The Morgan fingerprint density at radius 3 is 2.20 bits per heavy atom. The third-order valence-corrected chi connectivity index (χ3v) is 4.18. The Kier molecular flexibility index (Phi) is 5.79. The fraction of sp³-hybridized carbons (Fsp3) is 1.00. The van der Waals surface area contributed by atoms with Crippen LogP contribution in [0.1, 0.15) is 13.8 Å². The lowest BCUT2D eigenvalue weighted by molar-refractivity contribution is 0.0421. The Labute approximate surface area is 91.2 Å². The third-order valence-electron chi connectivity index (χ3n) is 2.13. The van der Waals surface area contributed by atoms with Crippen molar-refractivity contribution >= 4 is 7.60 Å². The summed E-state index contributed by atoms with van der Waals surface area (Å²) in [6, 6.07) is 0. The lowest BCUT2D eigenvalue weighted by Crippen LogP contribution is -2.37. The quantitative estimate of drug-likeness (QED) is 0.656. The third kappa shape index (κ3) is 4.62. The Morgan fingerprint density at radius 1 is 1.20 bits per heavy atom. The molecule has 1 rings (SSSR count). The van der Waals surface area contributed by atoms with Crippen LogP contribution in [0.4, 0.5) is 0 Å². The maximum Gasteiger partial charge on any atom is 0.344 e. The standard InChI is InChI=1S/C9H20NO4P/c1-3-13-15(11,14-4-2)9-10-5-7-12-8-6-10/h3-9H2,1-2H3. The zero-order chi connectivity index (χ0) is 11.1. The van der Waals surface area contributed by atoms with E-state index in [9.17, 15) is 4.57 Å². The molecule has 0 N–H and O–H groups in total. The highest BCUT2D eigenvalue weighted by molar-refractivity contribution is 7.53. The minimum atomic E-state index is -2.92. The zero-order valence-electron chi connectivity index (χ0n) is 9.48. The van der Waals surface area contributed by atoms with Crippen LogP contribution in [0.2, 0.25) is 0 Å². The summed E-state index contributed by atoms with van der Waals surface area (Å²) in [6.07, 6.45) is 0.373. The van der Waals surface area contributed by atoms with Crippen molar-refractivity contribution in [3.05, 3.63) is 0 Å². The van der Waals surface area contributed by atoms with Gasteiger partial charge in [-0.3, -0.25) is 9.46 Å². The zero-order valence-corrected chi connectivity index (χ0v) is 10.4. The summed E-state index contributed by atoms with van der Waals surface area (Å²) in [5.74, 6) is 0. The lowest BCUT2D eigenvalue weighted by Gasteiger charge is -2.29. The monoisotopic (exact) mass is 237 g/mol. The molecule has 0 unspecified atom stereocenters. The van der Waals surface area contributed by atoms with Gasteiger partial charge in [-0.05, 0) is 13.8 Å². The van der Waals surface area contributed by atoms with Gasteiger partial charge in [-0.2, -0.15) is 0 Å². The van der Waals surface area contributed by atoms with E-state index in [-0.39, 0.29) is 0 Å². The second kappa shape index (κ2) is 6.61. The van der Waals surface area contributed by atoms with E-state index in [1.165, 1.54) is 0 Å². The molecule has 1 saturated heterocycles. The topological polar surface area (TPSA) is 48.0 Å². The molecule has 0 aromatic carbocycles. The first-order valence-electron chi connectivity index (χ1n) is 5.38. The number of ether oxygens (including phenoxy) is 1. The molecule has 0 radical (unpaired) electrons. The van der Waals surface area contributed by atoms with Gasteiger partial charge in [0.2, 0.25) is 0 Å². The van der Waals surface area contributed by atoms with Gasteiger partial charge in [0.15, 0.2) is 0 Å². The van der Waals surface area contributed by atoms with Gasteiger partial charge in [-0.1, -0.05) is 0 Å². The first kappa shape index (κ1) is 13.1. The van der Waals surface area contributed by atoms with Crippen molar-refractivity contribution < 1.29 is 18.3 Å². The Bertz CT molecular complexity index is 208. The van der Waals surface area contributed by atoms with Crippen molar-refractivity contribution in [2.24, 2.45) is 0 Å². The minimum Gasteiger partial charge on any atom is -0.379 e. The summed E-state index contributed by atoms with van der Waals surface area (Å²) in [4.78, 5) is 2.07. The number of morpholine rings is 1. The average molecular weight is 237 g/mol. The fourth-order valence-corrected chi connectivity index (χ4v) is 3.30. The van der Waals surface area contributed by atoms with Gasteiger partial charge < -0.3 is 13.8 Å². The first-order chi connectivity index (χ1) is 7.20. The lowest BCUT2D eigenvalue weighted by atomic mass is 10.5. The van der Waals surface area contributed by atoms with Crippen molar-refractivity contribution in [1.29, 1.82) is 0 Å². The molecule has 6 heteroatoms. The smallest absolute Gasteiger partial charge is 0.344 e. The van der Waals surface area contributed by atoms with Crippen LogP contribution in [-0.4, -0.2) is 50.7 Å². The predicted molar refractivity (Wildman–Crippen MR) is 58.1 cm³/mol. The highest BCUT2D eigenvalue weighted by atomic mass is 31.2. The average Bonchev–Trinajstić information content (AvgIpc) is 2.19. The molecule has 1 heterocycles. The van der Waals surface area contributed by atoms with Crippen LogP contribution < -0.4 is 0 Å². The van der Waals surface area contributed by atoms with Gasteiger partial charge in [0.1, 0.15) is 6.29 Å². The van der Waals surface area contributed by atoms with E-state index >= 15 is 0 Å². The van der Waals surface area contributed by atoms with Crippen molar-refractivity contribution in [3.8, 4) is 0 Å². The van der Waals surface area contributed by atoms with Crippen molar-refractivity contribution in [3.63, 3.8) is 0 Å². The maximum atomic E-state index is 12.2. The molecule has 0 aromatic rings. The van der Waals surface area contributed by atoms with Crippen molar-refractivity contribution in [2.45, 2.75) is 13.8 Å². The van der Waals surface area contributed by atoms with Gasteiger partial charge in [0, 0.05) is 13.1 Å². The molecule has 0 spiro atoms. The van der Waals surface area contributed by atoms with Gasteiger partial charge in [-0.25, -0.2) is 0 Å². The highest BCUT2D eigenvalue weighted by Crippen LogP contribution is 2.48. The number of nitrogens with zero attached hydrogens (tertiary/aromatic N) is 1. The normalized spacial score (nSPS) is 19.3. The van der Waals surface area contributed by atoms with E-state index in [1.54, 1.807) is 0 Å². The summed E-state index contributed by atoms with van der Waals surface area (Å²) in [6.45, 7) is 7.46. The first-order valence-corrected chi connectivity index (χ1v) is 7.11. The molecular weight excluding hydrogens is 217 g/mol. The number of rotatable bonds is 6. The molecular formula is C9H20NO4P. The van der Waals surface area contributed by atoms with Crippen LogP contribution in [-0.2, 0) is 18.3 Å². The molecule has 5 nitrogen and oxygen atoms in total. The van der Waals surface area contributed by atoms with E-state index < -0.39 is 7.60 Å². The summed E-state index contributed by atoms with van der Waals surface area (Å²) in [5, 5.41) is 0. The second-order valence-corrected chi connectivity index (χ2v) is 5.34. The number of hydrogen-bond acceptors (Lipinski definition) is 5. The SMILES string of the molecule is CCOP(=O)(CN1CCOCC1)OCC. The van der Waals surface area contributed by atoms with E-state index in [0.29, 0.717) is 32.7 Å². The fourth-order valence-electron chi connectivity index (χ4n) is 1.50. The van der Waals surface area contributed by atoms with E-state index in [4.69, 9.17) is 13.8 Å². The molecule has 0 saturated carbocycles. The summed E-state index contributed by atoms with van der Waals surface area (Å²) >= 11 is 0. The molecule has 0 aromatic heterocycles. The predicted octanol–water partition coefficient (Wildman–Crippen LogP) is 1.54. The van der Waals surface area contributed by atoms with E-state index in [1.807, 2.05) is 13.8 Å². The summed E-state index contributed by atoms with van der Waals surface area (Å²) < 4.78 is 27.8. The van der Waals surface area contributed by atoms with Crippen LogP contribution in [0.5, 0.6) is 0 Å². The van der Waals surface area contributed by atoms with Gasteiger partial charge >= 0.3 is 7.60 Å². The van der Waals surface area contributed by atoms with Crippen molar-refractivity contribution in [1.82, 2.24) is 4.90 Å². The Balaban J connectivity index is 2.45. The number of hydrogen-bond donors (Lipinski definition) is 0. The Hall–Kier alpha value is 0.0700. The van der Waals surface area contributed by atoms with Crippen LogP contribution in [0.25, 0.3) is 0 Å². The van der Waals surface area contributed by atoms with Crippen LogP contribution in [0.15, 0.2) is 0 Å². The molecule has 0 amide bonds. The molecule has 0 aliphatic carbocycles. The molecule has 1 fully saturated rings. The van der Waals surface area contributed by atoms with Crippen LogP contribution in [0.3, 0.4) is 0 Å². The van der Waals surface area contributed by atoms with Crippen LogP contribution in [0, 0.1) is 0 Å².